The zero-order chi connectivity index (χ0) is 15.4. The van der Waals surface area contributed by atoms with Gasteiger partial charge < -0.3 is 0 Å². The number of nitriles is 1. The molecule has 0 spiro atoms. The van der Waals surface area contributed by atoms with E-state index in [2.05, 4.69) is 47.2 Å². The minimum Gasteiger partial charge on any atom is -0.240 e. The average molecular weight is 291 g/mol. The Bertz CT molecular complexity index is 645. The molecular weight excluding hydrogens is 270 g/mol. The fourth-order valence-corrected chi connectivity index (χ4v) is 3.11. The summed E-state index contributed by atoms with van der Waals surface area (Å²) in [6.07, 6.45) is 8.93. The lowest BCUT2D eigenvalue weighted by Gasteiger charge is -2.23. The Hall–Kier alpha value is -2.21. The van der Waals surface area contributed by atoms with E-state index in [1.807, 2.05) is 12.4 Å². The summed E-state index contributed by atoms with van der Waals surface area (Å²) >= 11 is 0. The van der Waals surface area contributed by atoms with Gasteiger partial charge in [0.1, 0.15) is 5.82 Å². The van der Waals surface area contributed by atoms with Gasteiger partial charge in [-0.1, -0.05) is 31.2 Å². The molecule has 0 atom stereocenters. The molecule has 3 nitrogen and oxygen atoms in total. The third-order valence-corrected chi connectivity index (χ3v) is 4.64. The normalized spacial score (nSPS) is 21.3. The fourth-order valence-electron chi connectivity index (χ4n) is 3.11. The molecule has 1 aromatic heterocycles. The van der Waals surface area contributed by atoms with E-state index in [1.165, 1.54) is 5.56 Å². The third-order valence-electron chi connectivity index (χ3n) is 4.64. The molecule has 22 heavy (non-hydrogen) atoms. The monoisotopic (exact) mass is 291 g/mol. The second kappa shape index (κ2) is 6.70. The molecule has 112 valence electrons. The van der Waals surface area contributed by atoms with Gasteiger partial charge >= 0.3 is 0 Å². The van der Waals surface area contributed by atoms with E-state index in [1.54, 1.807) is 0 Å². The van der Waals surface area contributed by atoms with Gasteiger partial charge in [0.2, 0.25) is 0 Å². The van der Waals surface area contributed by atoms with Crippen molar-refractivity contribution in [1.29, 1.82) is 5.26 Å². The predicted molar refractivity (Wildman–Crippen MR) is 87.2 cm³/mol. The maximum Gasteiger partial charge on any atom is 0.131 e. The Morgan fingerprint density at radius 2 is 1.64 bits per heavy atom. The van der Waals surface area contributed by atoms with Gasteiger partial charge in [-0.15, -0.1) is 0 Å². The van der Waals surface area contributed by atoms with Gasteiger partial charge in [-0.05, 0) is 43.2 Å². The summed E-state index contributed by atoms with van der Waals surface area (Å²) in [7, 11) is 0. The lowest BCUT2D eigenvalue weighted by Crippen LogP contribution is -2.14. The zero-order valence-corrected chi connectivity index (χ0v) is 13.0. The fraction of sp³-hybridized carbons (Fsp3) is 0.421. The molecule has 1 aliphatic rings. The van der Waals surface area contributed by atoms with Crippen LogP contribution in [0.1, 0.15) is 49.9 Å². The first-order valence-corrected chi connectivity index (χ1v) is 8.11. The zero-order valence-electron chi connectivity index (χ0n) is 13.0. The van der Waals surface area contributed by atoms with Crippen molar-refractivity contribution in [2.45, 2.75) is 44.9 Å². The van der Waals surface area contributed by atoms with Gasteiger partial charge in [0.25, 0.3) is 0 Å². The second-order valence-electron chi connectivity index (χ2n) is 6.06. The van der Waals surface area contributed by atoms with E-state index < -0.39 is 0 Å². The number of rotatable bonds is 3. The number of hydrogen-bond donors (Lipinski definition) is 0. The van der Waals surface area contributed by atoms with Crippen molar-refractivity contribution in [3.8, 4) is 17.2 Å². The van der Waals surface area contributed by atoms with E-state index in [9.17, 15) is 0 Å². The van der Waals surface area contributed by atoms with Crippen LogP contribution in [-0.2, 0) is 6.42 Å². The molecule has 2 aromatic rings. The molecule has 1 saturated carbocycles. The third kappa shape index (κ3) is 3.17. The van der Waals surface area contributed by atoms with E-state index in [-0.39, 0.29) is 5.92 Å². The maximum atomic E-state index is 8.97. The van der Waals surface area contributed by atoms with Crippen LogP contribution in [0.4, 0.5) is 0 Å². The van der Waals surface area contributed by atoms with Crippen LogP contribution in [0.25, 0.3) is 11.1 Å². The first kappa shape index (κ1) is 14.7. The van der Waals surface area contributed by atoms with E-state index in [4.69, 9.17) is 5.26 Å². The van der Waals surface area contributed by atoms with E-state index in [0.29, 0.717) is 5.92 Å². The first-order valence-electron chi connectivity index (χ1n) is 8.11. The summed E-state index contributed by atoms with van der Waals surface area (Å²) in [5.41, 5.74) is 3.57. The van der Waals surface area contributed by atoms with Crippen LogP contribution in [0.5, 0.6) is 0 Å². The number of aromatic nitrogens is 2. The highest BCUT2D eigenvalue weighted by molar-refractivity contribution is 5.61. The molecule has 0 unspecified atom stereocenters. The Morgan fingerprint density at radius 1 is 1.00 bits per heavy atom. The number of hydrogen-bond acceptors (Lipinski definition) is 3. The molecule has 1 aromatic carbocycles. The van der Waals surface area contributed by atoms with Gasteiger partial charge in [-0.25, -0.2) is 9.97 Å². The summed E-state index contributed by atoms with van der Waals surface area (Å²) in [5, 5.41) is 8.97. The van der Waals surface area contributed by atoms with Gasteiger partial charge in [0.15, 0.2) is 0 Å². The van der Waals surface area contributed by atoms with Gasteiger partial charge in [-0.2, -0.15) is 5.26 Å². The van der Waals surface area contributed by atoms with Gasteiger partial charge in [0.05, 0.1) is 6.07 Å². The topological polar surface area (TPSA) is 49.6 Å². The van der Waals surface area contributed by atoms with Crippen LogP contribution < -0.4 is 0 Å². The number of aryl methyl sites for hydroxylation is 1. The van der Waals surface area contributed by atoms with Crippen molar-refractivity contribution in [3.63, 3.8) is 0 Å². The van der Waals surface area contributed by atoms with Crippen molar-refractivity contribution in [3.05, 3.63) is 48.0 Å². The first-order chi connectivity index (χ1) is 10.8. The Labute approximate surface area is 132 Å². The lowest BCUT2D eigenvalue weighted by molar-refractivity contribution is 0.372. The highest BCUT2D eigenvalue weighted by atomic mass is 14.9. The van der Waals surface area contributed by atoms with Crippen LogP contribution in [-0.4, -0.2) is 9.97 Å². The summed E-state index contributed by atoms with van der Waals surface area (Å²) in [4.78, 5) is 9.16. The largest absolute Gasteiger partial charge is 0.240 e. The lowest BCUT2D eigenvalue weighted by atomic mass is 9.82. The maximum absolute atomic E-state index is 8.97. The molecule has 0 radical (unpaired) electrons. The predicted octanol–water partition coefficient (Wildman–Crippen LogP) is 4.50. The molecule has 1 fully saturated rings. The molecule has 0 aliphatic heterocycles. The Balaban J connectivity index is 1.71. The molecule has 1 heterocycles. The Kier molecular flexibility index (Phi) is 4.48. The summed E-state index contributed by atoms with van der Waals surface area (Å²) < 4.78 is 0. The van der Waals surface area contributed by atoms with Crippen LogP contribution >= 0.6 is 0 Å². The quantitative estimate of drug-likeness (QED) is 0.836. The molecule has 0 saturated heterocycles. The van der Waals surface area contributed by atoms with Crippen molar-refractivity contribution in [2.24, 2.45) is 5.92 Å². The summed E-state index contributed by atoms with van der Waals surface area (Å²) in [6, 6.07) is 11.0. The average Bonchev–Trinajstić information content (AvgIpc) is 2.62. The van der Waals surface area contributed by atoms with Crippen molar-refractivity contribution >= 4 is 0 Å². The number of benzene rings is 1. The Morgan fingerprint density at radius 3 is 2.18 bits per heavy atom. The molecule has 0 amide bonds. The smallest absolute Gasteiger partial charge is 0.131 e. The number of nitrogens with zero attached hydrogens (tertiary/aromatic N) is 3. The van der Waals surface area contributed by atoms with Crippen molar-refractivity contribution in [2.75, 3.05) is 0 Å². The summed E-state index contributed by atoms with van der Waals surface area (Å²) in [5.74, 6) is 1.58. The highest BCUT2D eigenvalue weighted by Gasteiger charge is 2.23. The van der Waals surface area contributed by atoms with Gasteiger partial charge in [-0.3, -0.25) is 0 Å². The molecule has 3 rings (SSSR count). The minimum atomic E-state index is 0.229. The van der Waals surface area contributed by atoms with Crippen LogP contribution in [0.15, 0.2) is 36.7 Å². The molecule has 0 bridgehead atoms. The molecule has 0 N–H and O–H groups in total. The molecule has 3 heteroatoms. The molecular formula is C19H21N3. The van der Waals surface area contributed by atoms with Crippen molar-refractivity contribution in [1.82, 2.24) is 9.97 Å². The minimum absolute atomic E-state index is 0.229. The van der Waals surface area contributed by atoms with Gasteiger partial charge in [0, 0.05) is 29.8 Å². The van der Waals surface area contributed by atoms with Crippen molar-refractivity contribution < 1.29 is 0 Å². The van der Waals surface area contributed by atoms with Crippen LogP contribution in [0.3, 0.4) is 0 Å². The van der Waals surface area contributed by atoms with Crippen LogP contribution in [0, 0.1) is 17.2 Å². The molecule has 1 aliphatic carbocycles. The van der Waals surface area contributed by atoms with E-state index >= 15 is 0 Å². The van der Waals surface area contributed by atoms with E-state index in [0.717, 1.165) is 49.1 Å². The standard InChI is InChI=1S/C19H21N3/c1-2-14-3-7-16(8-4-14)18-12-21-19(22-13-18)17-9-5-15(11-20)6-10-17/h3-4,7-8,12-13,15,17H,2,5-6,9-10H2,1H3. The highest BCUT2D eigenvalue weighted by Crippen LogP contribution is 2.34. The van der Waals surface area contributed by atoms with Crippen LogP contribution in [0.2, 0.25) is 0 Å². The SMILES string of the molecule is CCc1ccc(-c2cnc(C3CCC(C#N)CC3)nc2)cc1. The second-order valence-corrected chi connectivity index (χ2v) is 6.06. The summed E-state index contributed by atoms with van der Waals surface area (Å²) in [6.45, 7) is 2.16.